The minimum atomic E-state index is -3.39. The summed E-state index contributed by atoms with van der Waals surface area (Å²) in [5.41, 5.74) is -1.75. The average Bonchev–Trinajstić information content (AvgIpc) is 2.64. The largest absolute Gasteiger partial charge is 0.314 e. The summed E-state index contributed by atoms with van der Waals surface area (Å²) < 4.78 is 42.9. The summed E-state index contributed by atoms with van der Waals surface area (Å²) in [6.07, 6.45) is 0. The number of rotatable bonds is 0. The van der Waals surface area contributed by atoms with Crippen LogP contribution in [0.1, 0.15) is 16.8 Å². The Morgan fingerprint density at radius 1 is 1.25 bits per heavy atom. The minimum absolute atomic E-state index is 0.0540. The van der Waals surface area contributed by atoms with Gasteiger partial charge < -0.3 is 4.57 Å². The quantitative estimate of drug-likeness (QED) is 0.742. The number of fused-ring (bicyclic) bond motifs is 3. The summed E-state index contributed by atoms with van der Waals surface area (Å²) in [5, 5.41) is 8.83. The fourth-order valence-electron chi connectivity index (χ4n) is 2.52. The summed E-state index contributed by atoms with van der Waals surface area (Å²) in [6.45, 7) is 0. The van der Waals surface area contributed by atoms with E-state index in [2.05, 4.69) is 0 Å². The second-order valence-corrected chi connectivity index (χ2v) is 4.57. The van der Waals surface area contributed by atoms with Crippen LogP contribution in [0.25, 0.3) is 11.1 Å². The van der Waals surface area contributed by atoms with E-state index in [1.807, 2.05) is 6.07 Å². The van der Waals surface area contributed by atoms with Gasteiger partial charge in [0.05, 0.1) is 11.6 Å². The Morgan fingerprint density at radius 3 is 2.60 bits per heavy atom. The van der Waals surface area contributed by atoms with Gasteiger partial charge in [-0.1, -0.05) is 6.07 Å². The van der Waals surface area contributed by atoms with E-state index < -0.39 is 23.0 Å². The SMILES string of the molecule is Cn1c2c(cc(F)c1=O)-c1cc(C#N)ccc1C2(F)F. The molecule has 0 atom stereocenters. The smallest absolute Gasteiger partial charge is 0.307 e. The van der Waals surface area contributed by atoms with Gasteiger partial charge in [-0.15, -0.1) is 0 Å². The second-order valence-electron chi connectivity index (χ2n) is 4.57. The molecule has 0 N–H and O–H groups in total. The van der Waals surface area contributed by atoms with Gasteiger partial charge in [-0.3, -0.25) is 4.79 Å². The molecule has 1 aliphatic carbocycles. The highest BCUT2D eigenvalue weighted by atomic mass is 19.3. The molecule has 6 heteroatoms. The lowest BCUT2D eigenvalue weighted by atomic mass is 10.0. The first-order chi connectivity index (χ1) is 9.37. The van der Waals surface area contributed by atoms with Crippen molar-refractivity contribution in [2.45, 2.75) is 5.92 Å². The standard InChI is InChI=1S/C14H7F3N2O/c1-19-12-9(5-11(15)13(19)20)8-4-7(6-18)2-3-10(8)14(12,16)17/h2-5H,1H3. The summed E-state index contributed by atoms with van der Waals surface area (Å²) >= 11 is 0. The molecule has 3 nitrogen and oxygen atoms in total. The Hall–Kier alpha value is -2.55. The van der Waals surface area contributed by atoms with Crippen molar-refractivity contribution >= 4 is 0 Å². The monoisotopic (exact) mass is 276 g/mol. The number of hydrogen-bond acceptors (Lipinski definition) is 2. The number of nitrogens with zero attached hydrogens (tertiary/aromatic N) is 2. The molecule has 1 aromatic heterocycles. The van der Waals surface area contributed by atoms with Crippen LogP contribution in [0, 0.1) is 17.1 Å². The molecule has 0 unspecified atom stereocenters. The maximum absolute atomic E-state index is 14.4. The lowest BCUT2D eigenvalue weighted by molar-refractivity contribution is 0.0392. The van der Waals surface area contributed by atoms with E-state index >= 15 is 0 Å². The fourth-order valence-corrected chi connectivity index (χ4v) is 2.52. The minimum Gasteiger partial charge on any atom is -0.307 e. The molecule has 0 aliphatic heterocycles. The Balaban J connectivity index is 2.47. The van der Waals surface area contributed by atoms with E-state index in [-0.39, 0.29) is 22.3 Å². The molecule has 0 amide bonds. The van der Waals surface area contributed by atoms with Gasteiger partial charge >= 0.3 is 5.92 Å². The molecular formula is C14H7F3N2O. The zero-order valence-electron chi connectivity index (χ0n) is 10.2. The van der Waals surface area contributed by atoms with E-state index in [0.717, 1.165) is 19.2 Å². The molecule has 100 valence electrons. The fraction of sp³-hybridized carbons (Fsp3) is 0.143. The summed E-state index contributed by atoms with van der Waals surface area (Å²) in [7, 11) is 1.11. The number of benzene rings is 1. The third-order valence-electron chi connectivity index (χ3n) is 3.45. The van der Waals surface area contributed by atoms with Gasteiger partial charge in [0.25, 0.3) is 5.56 Å². The molecule has 0 saturated carbocycles. The number of nitriles is 1. The highest BCUT2D eigenvalue weighted by Gasteiger charge is 2.47. The first-order valence-electron chi connectivity index (χ1n) is 5.70. The van der Waals surface area contributed by atoms with Crippen LogP contribution in [-0.4, -0.2) is 4.57 Å². The van der Waals surface area contributed by atoms with E-state index in [1.54, 1.807) is 0 Å². The first-order valence-corrected chi connectivity index (χ1v) is 5.70. The zero-order chi connectivity index (χ0) is 14.7. The van der Waals surface area contributed by atoms with Crippen LogP contribution >= 0.6 is 0 Å². The first kappa shape index (κ1) is 12.5. The van der Waals surface area contributed by atoms with E-state index in [9.17, 15) is 18.0 Å². The maximum atomic E-state index is 14.4. The third-order valence-corrected chi connectivity index (χ3v) is 3.45. The van der Waals surface area contributed by atoms with Crippen molar-refractivity contribution in [1.29, 1.82) is 5.26 Å². The van der Waals surface area contributed by atoms with Gasteiger partial charge in [-0.25, -0.2) is 4.39 Å². The van der Waals surface area contributed by atoms with Crippen molar-refractivity contribution in [3.05, 3.63) is 57.3 Å². The Bertz CT molecular complexity index is 847. The lowest BCUT2D eigenvalue weighted by Gasteiger charge is -2.15. The molecule has 2 aromatic rings. The molecule has 0 saturated heterocycles. The molecule has 1 aromatic carbocycles. The van der Waals surface area contributed by atoms with Crippen molar-refractivity contribution in [3.8, 4) is 17.2 Å². The molecule has 0 radical (unpaired) electrons. The summed E-state index contributed by atoms with van der Waals surface area (Å²) in [4.78, 5) is 11.5. The molecule has 20 heavy (non-hydrogen) atoms. The highest BCUT2D eigenvalue weighted by molar-refractivity contribution is 5.79. The van der Waals surface area contributed by atoms with Gasteiger partial charge in [0.1, 0.15) is 5.69 Å². The van der Waals surface area contributed by atoms with Gasteiger partial charge in [-0.05, 0) is 23.8 Å². The van der Waals surface area contributed by atoms with Crippen molar-refractivity contribution < 1.29 is 13.2 Å². The Kier molecular flexibility index (Phi) is 2.33. The lowest BCUT2D eigenvalue weighted by Crippen LogP contribution is -2.28. The molecule has 3 rings (SSSR count). The molecular weight excluding hydrogens is 269 g/mol. The third kappa shape index (κ3) is 1.37. The maximum Gasteiger partial charge on any atom is 0.314 e. The highest BCUT2D eigenvalue weighted by Crippen LogP contribution is 2.50. The van der Waals surface area contributed by atoms with Crippen LogP contribution < -0.4 is 5.56 Å². The molecule has 0 bridgehead atoms. The van der Waals surface area contributed by atoms with Gasteiger partial charge in [0.2, 0.25) is 0 Å². The average molecular weight is 276 g/mol. The van der Waals surface area contributed by atoms with Crippen molar-refractivity contribution in [2.24, 2.45) is 7.05 Å². The predicted octanol–water partition coefficient (Wildman–Crippen LogP) is 2.52. The second kappa shape index (κ2) is 3.73. The number of hydrogen-bond donors (Lipinski definition) is 0. The van der Waals surface area contributed by atoms with Gasteiger partial charge in [0.15, 0.2) is 5.82 Å². The van der Waals surface area contributed by atoms with Gasteiger partial charge in [0, 0.05) is 18.2 Å². The number of halogens is 3. The number of alkyl halides is 2. The van der Waals surface area contributed by atoms with Gasteiger partial charge in [-0.2, -0.15) is 14.0 Å². The molecule has 0 spiro atoms. The van der Waals surface area contributed by atoms with Crippen LogP contribution in [-0.2, 0) is 13.0 Å². The predicted molar refractivity (Wildman–Crippen MR) is 64.8 cm³/mol. The van der Waals surface area contributed by atoms with Crippen LogP contribution in [0.2, 0.25) is 0 Å². The summed E-state index contributed by atoms with van der Waals surface area (Å²) in [6, 6.07) is 6.34. The zero-order valence-corrected chi connectivity index (χ0v) is 10.2. The van der Waals surface area contributed by atoms with Crippen molar-refractivity contribution in [1.82, 2.24) is 4.57 Å². The van der Waals surface area contributed by atoms with Crippen LogP contribution in [0.15, 0.2) is 29.1 Å². The van der Waals surface area contributed by atoms with Crippen molar-refractivity contribution in [2.75, 3.05) is 0 Å². The molecule has 1 heterocycles. The number of aromatic nitrogens is 1. The normalized spacial score (nSPS) is 14.6. The van der Waals surface area contributed by atoms with Crippen molar-refractivity contribution in [3.63, 3.8) is 0 Å². The van der Waals surface area contributed by atoms with E-state index in [4.69, 9.17) is 5.26 Å². The summed E-state index contributed by atoms with van der Waals surface area (Å²) in [5.74, 6) is -4.49. The number of pyridine rings is 1. The van der Waals surface area contributed by atoms with Crippen LogP contribution in [0.3, 0.4) is 0 Å². The Morgan fingerprint density at radius 2 is 1.95 bits per heavy atom. The van der Waals surface area contributed by atoms with Crippen LogP contribution in [0.4, 0.5) is 13.2 Å². The molecule has 1 aliphatic rings. The van der Waals surface area contributed by atoms with E-state index in [0.29, 0.717) is 4.57 Å². The topological polar surface area (TPSA) is 45.8 Å². The Labute approximate surface area is 111 Å². The van der Waals surface area contributed by atoms with Crippen LogP contribution in [0.5, 0.6) is 0 Å². The van der Waals surface area contributed by atoms with E-state index in [1.165, 1.54) is 12.1 Å². The molecule has 0 fully saturated rings.